The van der Waals surface area contributed by atoms with Crippen LogP contribution in [0.15, 0.2) is 18.2 Å². The Hall–Kier alpha value is -1.55. The molecule has 0 spiro atoms. The minimum absolute atomic E-state index is 0.239. The lowest BCUT2D eigenvalue weighted by Gasteiger charge is -2.10. The summed E-state index contributed by atoms with van der Waals surface area (Å²) in [6, 6.07) is 5.85. The van der Waals surface area contributed by atoms with Gasteiger partial charge in [0.05, 0.1) is 14.2 Å². The summed E-state index contributed by atoms with van der Waals surface area (Å²) in [4.78, 5) is 10.8. The van der Waals surface area contributed by atoms with E-state index >= 15 is 0 Å². The second kappa shape index (κ2) is 7.71. The Bertz CT molecular complexity index is 391. The van der Waals surface area contributed by atoms with Gasteiger partial charge in [-0.3, -0.25) is 0 Å². The molecule has 0 amide bonds. The van der Waals surface area contributed by atoms with E-state index in [0.29, 0.717) is 6.42 Å². The molecule has 1 N–H and O–H groups in total. The van der Waals surface area contributed by atoms with E-state index in [2.05, 4.69) is 5.32 Å². The van der Waals surface area contributed by atoms with Crippen LogP contribution >= 0.6 is 0 Å². The lowest BCUT2D eigenvalue weighted by Crippen LogP contribution is -2.15. The van der Waals surface area contributed by atoms with Gasteiger partial charge >= 0.3 is 0 Å². The lowest BCUT2D eigenvalue weighted by molar-refractivity contribution is -0.117. The molecule has 18 heavy (non-hydrogen) atoms. The smallest absolute Gasteiger partial charge is 0.161 e. The summed E-state index contributed by atoms with van der Waals surface area (Å²) in [6.07, 6.45) is 1.52. The zero-order chi connectivity index (χ0) is 13.4. The fourth-order valence-electron chi connectivity index (χ4n) is 1.69. The van der Waals surface area contributed by atoms with Gasteiger partial charge in [0, 0.05) is 13.0 Å². The van der Waals surface area contributed by atoms with Gasteiger partial charge in [0.1, 0.15) is 5.78 Å². The Balaban J connectivity index is 2.40. The van der Waals surface area contributed by atoms with E-state index in [4.69, 9.17) is 9.47 Å². The highest BCUT2D eigenvalue weighted by Crippen LogP contribution is 2.27. The van der Waals surface area contributed by atoms with Crippen LogP contribution in [0.5, 0.6) is 11.5 Å². The maximum Gasteiger partial charge on any atom is 0.161 e. The maximum absolute atomic E-state index is 10.8. The van der Waals surface area contributed by atoms with Crippen molar-refractivity contribution in [2.75, 3.05) is 20.8 Å². The lowest BCUT2D eigenvalue weighted by atomic mass is 10.2. The molecule has 0 heterocycles. The van der Waals surface area contributed by atoms with Crippen LogP contribution in [-0.2, 0) is 11.3 Å². The molecule has 0 radical (unpaired) electrons. The van der Waals surface area contributed by atoms with Crippen molar-refractivity contribution in [3.8, 4) is 11.5 Å². The van der Waals surface area contributed by atoms with Crippen molar-refractivity contribution in [3.05, 3.63) is 23.8 Å². The first kappa shape index (κ1) is 14.5. The van der Waals surface area contributed by atoms with E-state index in [1.165, 1.54) is 0 Å². The van der Waals surface area contributed by atoms with Crippen LogP contribution in [0.2, 0.25) is 0 Å². The van der Waals surface area contributed by atoms with Crippen molar-refractivity contribution in [1.82, 2.24) is 5.32 Å². The number of nitrogens with one attached hydrogen (secondary N) is 1. The minimum atomic E-state index is 0.239. The second-order valence-electron chi connectivity index (χ2n) is 4.17. The second-order valence-corrected chi connectivity index (χ2v) is 4.17. The molecule has 1 rings (SSSR count). The highest BCUT2D eigenvalue weighted by atomic mass is 16.5. The highest BCUT2D eigenvalue weighted by Gasteiger charge is 2.04. The van der Waals surface area contributed by atoms with Gasteiger partial charge < -0.3 is 19.6 Å². The number of Topliss-reactive ketones (excluding diaryl/α,β-unsaturated/α-hetero) is 1. The third kappa shape index (κ3) is 4.75. The van der Waals surface area contributed by atoms with Crippen LogP contribution < -0.4 is 14.8 Å². The van der Waals surface area contributed by atoms with Crippen LogP contribution in [-0.4, -0.2) is 26.5 Å². The van der Waals surface area contributed by atoms with Crippen molar-refractivity contribution < 1.29 is 14.3 Å². The van der Waals surface area contributed by atoms with Gasteiger partial charge in [-0.1, -0.05) is 6.07 Å². The molecule has 0 saturated carbocycles. The molecule has 1 aromatic rings. The standard InChI is InChI=1S/C14H21NO3/c1-11(16)5-4-8-15-10-12-6-7-13(17-2)14(9-12)18-3/h6-7,9,15H,4-5,8,10H2,1-3H3. The zero-order valence-corrected chi connectivity index (χ0v) is 11.3. The molecule has 0 unspecified atom stereocenters. The fraction of sp³-hybridized carbons (Fsp3) is 0.500. The molecule has 0 atom stereocenters. The van der Waals surface area contributed by atoms with Crippen molar-refractivity contribution in [2.24, 2.45) is 0 Å². The van der Waals surface area contributed by atoms with Gasteiger partial charge in [0.25, 0.3) is 0 Å². The molecular formula is C14H21NO3. The average molecular weight is 251 g/mol. The van der Waals surface area contributed by atoms with Gasteiger partial charge in [-0.2, -0.15) is 0 Å². The normalized spacial score (nSPS) is 10.2. The first-order valence-corrected chi connectivity index (χ1v) is 6.08. The Morgan fingerprint density at radius 3 is 2.56 bits per heavy atom. The van der Waals surface area contributed by atoms with Crippen LogP contribution in [0.3, 0.4) is 0 Å². The molecule has 1 aromatic carbocycles. The SMILES string of the molecule is COc1ccc(CNCCCC(C)=O)cc1OC. The number of methoxy groups -OCH3 is 2. The number of hydrogen-bond donors (Lipinski definition) is 1. The number of ether oxygens (including phenoxy) is 2. The van der Waals surface area contributed by atoms with Gasteiger partial charge in [-0.25, -0.2) is 0 Å². The summed E-state index contributed by atoms with van der Waals surface area (Å²) >= 11 is 0. The summed E-state index contributed by atoms with van der Waals surface area (Å²) in [5.74, 6) is 1.71. The van der Waals surface area contributed by atoms with Crippen molar-refractivity contribution in [3.63, 3.8) is 0 Å². The van der Waals surface area contributed by atoms with Crippen molar-refractivity contribution >= 4 is 5.78 Å². The molecule has 0 aliphatic carbocycles. The number of benzene rings is 1. The molecule has 0 aliphatic heterocycles. The molecular weight excluding hydrogens is 230 g/mol. The molecule has 0 aliphatic rings. The summed E-state index contributed by atoms with van der Waals surface area (Å²) < 4.78 is 10.4. The average Bonchev–Trinajstić information content (AvgIpc) is 2.37. The van der Waals surface area contributed by atoms with Gasteiger partial charge in [0.2, 0.25) is 0 Å². The van der Waals surface area contributed by atoms with E-state index in [1.807, 2.05) is 18.2 Å². The number of carbonyl (C=O) groups is 1. The molecule has 0 saturated heterocycles. The van der Waals surface area contributed by atoms with E-state index in [0.717, 1.165) is 36.6 Å². The summed E-state index contributed by atoms with van der Waals surface area (Å²) in [5, 5.41) is 3.30. The third-order valence-electron chi connectivity index (χ3n) is 2.66. The van der Waals surface area contributed by atoms with Crippen LogP contribution in [0.1, 0.15) is 25.3 Å². The van der Waals surface area contributed by atoms with Crippen LogP contribution in [0.4, 0.5) is 0 Å². The summed E-state index contributed by atoms with van der Waals surface area (Å²) in [6.45, 7) is 3.22. The largest absolute Gasteiger partial charge is 0.493 e. The van der Waals surface area contributed by atoms with Crippen LogP contribution in [0.25, 0.3) is 0 Å². The molecule has 4 heteroatoms. The Kier molecular flexibility index (Phi) is 6.22. The number of hydrogen-bond acceptors (Lipinski definition) is 4. The zero-order valence-electron chi connectivity index (χ0n) is 11.3. The van der Waals surface area contributed by atoms with Crippen molar-refractivity contribution in [1.29, 1.82) is 0 Å². The predicted octanol–water partition coefficient (Wildman–Crippen LogP) is 2.16. The Labute approximate surface area is 108 Å². The molecule has 4 nitrogen and oxygen atoms in total. The van der Waals surface area contributed by atoms with E-state index in [-0.39, 0.29) is 5.78 Å². The quantitative estimate of drug-likeness (QED) is 0.719. The first-order valence-electron chi connectivity index (χ1n) is 6.08. The monoisotopic (exact) mass is 251 g/mol. The molecule has 0 fully saturated rings. The molecule has 0 bridgehead atoms. The van der Waals surface area contributed by atoms with Crippen LogP contribution in [0, 0.1) is 0 Å². The fourth-order valence-corrected chi connectivity index (χ4v) is 1.69. The van der Waals surface area contributed by atoms with E-state index in [1.54, 1.807) is 21.1 Å². The minimum Gasteiger partial charge on any atom is -0.493 e. The number of carbonyl (C=O) groups excluding carboxylic acids is 1. The summed E-state index contributed by atoms with van der Waals surface area (Å²) in [5.41, 5.74) is 1.13. The Morgan fingerprint density at radius 2 is 1.94 bits per heavy atom. The maximum atomic E-state index is 10.8. The van der Waals surface area contributed by atoms with Gasteiger partial charge in [-0.05, 0) is 37.6 Å². The predicted molar refractivity (Wildman–Crippen MR) is 71.2 cm³/mol. The van der Waals surface area contributed by atoms with Gasteiger partial charge in [-0.15, -0.1) is 0 Å². The van der Waals surface area contributed by atoms with E-state index in [9.17, 15) is 4.79 Å². The molecule has 0 aromatic heterocycles. The number of ketones is 1. The van der Waals surface area contributed by atoms with Crippen molar-refractivity contribution in [2.45, 2.75) is 26.3 Å². The first-order chi connectivity index (χ1) is 8.67. The topological polar surface area (TPSA) is 47.6 Å². The molecule has 100 valence electrons. The highest BCUT2D eigenvalue weighted by molar-refractivity contribution is 5.75. The van der Waals surface area contributed by atoms with E-state index < -0.39 is 0 Å². The number of rotatable bonds is 8. The van der Waals surface area contributed by atoms with Gasteiger partial charge in [0.15, 0.2) is 11.5 Å². The Morgan fingerprint density at radius 1 is 1.22 bits per heavy atom. The summed E-state index contributed by atoms with van der Waals surface area (Å²) in [7, 11) is 3.25. The third-order valence-corrected chi connectivity index (χ3v) is 2.66.